The van der Waals surface area contributed by atoms with Gasteiger partial charge in [0.15, 0.2) is 5.69 Å². The molecule has 9 nitrogen and oxygen atoms in total. The Kier molecular flexibility index (Phi) is 5.36. The van der Waals surface area contributed by atoms with Crippen molar-refractivity contribution in [2.75, 3.05) is 55.0 Å². The van der Waals surface area contributed by atoms with Crippen LogP contribution >= 0.6 is 0 Å². The molecule has 2 N–H and O–H groups in total. The maximum atomic E-state index is 13.8. The highest BCUT2D eigenvalue weighted by molar-refractivity contribution is 5.73. The molecule has 1 aromatic carbocycles. The van der Waals surface area contributed by atoms with Gasteiger partial charge in [0.25, 0.3) is 0 Å². The number of alkyl halides is 3. The van der Waals surface area contributed by atoms with Gasteiger partial charge in [-0.3, -0.25) is 0 Å². The van der Waals surface area contributed by atoms with Crippen molar-refractivity contribution >= 4 is 23.4 Å². The van der Waals surface area contributed by atoms with E-state index in [9.17, 15) is 13.2 Å². The molecule has 172 valence electrons. The highest BCUT2D eigenvalue weighted by Gasteiger charge is 2.37. The number of morpholine rings is 1. The van der Waals surface area contributed by atoms with Crippen LogP contribution < -0.4 is 20.3 Å². The fraction of sp³-hybridized carbons (Fsp3) is 0.333. The van der Waals surface area contributed by atoms with E-state index >= 15 is 0 Å². The van der Waals surface area contributed by atoms with E-state index in [0.717, 1.165) is 11.9 Å². The van der Waals surface area contributed by atoms with E-state index in [1.54, 1.807) is 0 Å². The Labute approximate surface area is 187 Å². The Morgan fingerprint density at radius 2 is 1.76 bits per heavy atom. The molecule has 1 saturated heterocycles. The van der Waals surface area contributed by atoms with Gasteiger partial charge in [-0.25, -0.2) is 15.0 Å². The Morgan fingerprint density at radius 3 is 2.55 bits per heavy atom. The predicted molar refractivity (Wildman–Crippen MR) is 114 cm³/mol. The number of hydrogen-bond acceptors (Lipinski definition) is 9. The van der Waals surface area contributed by atoms with Gasteiger partial charge in [0, 0.05) is 30.9 Å². The third-order valence-electron chi connectivity index (χ3n) is 5.35. The molecule has 0 amide bonds. The van der Waals surface area contributed by atoms with Gasteiger partial charge in [-0.05, 0) is 12.1 Å². The molecule has 0 aliphatic carbocycles. The van der Waals surface area contributed by atoms with Crippen molar-refractivity contribution in [3.05, 3.63) is 42.2 Å². The Hall–Kier alpha value is -3.67. The summed E-state index contributed by atoms with van der Waals surface area (Å²) in [4.78, 5) is 20.2. The van der Waals surface area contributed by atoms with E-state index in [-0.39, 0.29) is 11.3 Å². The van der Waals surface area contributed by atoms with E-state index in [1.165, 1.54) is 6.07 Å². The highest BCUT2D eigenvalue weighted by atomic mass is 19.4. The number of aromatic nitrogens is 4. The number of nitrogen functional groups attached to an aromatic ring is 1. The summed E-state index contributed by atoms with van der Waals surface area (Å²) in [5.41, 5.74) is 4.86. The number of nitrogens with two attached hydrogens (primary N) is 1. The minimum absolute atomic E-state index is 0.0535. The summed E-state index contributed by atoms with van der Waals surface area (Å²) in [6.07, 6.45) is -3.68. The van der Waals surface area contributed by atoms with Crippen molar-refractivity contribution in [2.45, 2.75) is 6.18 Å². The minimum Gasteiger partial charge on any atom is -0.490 e. The zero-order valence-electron chi connectivity index (χ0n) is 17.4. The lowest BCUT2D eigenvalue weighted by atomic mass is 10.1. The van der Waals surface area contributed by atoms with E-state index in [1.807, 2.05) is 34.1 Å². The smallest absolute Gasteiger partial charge is 0.434 e. The minimum atomic E-state index is -4.73. The van der Waals surface area contributed by atoms with Crippen LogP contribution in [0.5, 0.6) is 5.75 Å². The fourth-order valence-electron chi connectivity index (χ4n) is 3.81. The third-order valence-corrected chi connectivity index (χ3v) is 5.35. The van der Waals surface area contributed by atoms with Crippen molar-refractivity contribution in [1.29, 1.82) is 0 Å². The van der Waals surface area contributed by atoms with Crippen LogP contribution in [-0.2, 0) is 10.9 Å². The first kappa shape index (κ1) is 21.2. The van der Waals surface area contributed by atoms with Crippen LogP contribution in [0.4, 0.5) is 36.6 Å². The first-order valence-corrected chi connectivity index (χ1v) is 10.3. The van der Waals surface area contributed by atoms with Gasteiger partial charge in [0.05, 0.1) is 31.1 Å². The zero-order valence-corrected chi connectivity index (χ0v) is 17.4. The number of anilines is 4. The molecule has 0 atom stereocenters. The second kappa shape index (κ2) is 8.35. The molecule has 5 rings (SSSR count). The van der Waals surface area contributed by atoms with Crippen molar-refractivity contribution in [2.24, 2.45) is 0 Å². The molecule has 0 spiro atoms. The SMILES string of the molecule is Nc1ncc(-c2cc(N3CCOc4ccccc43)nc(N3CCOCC3)n2)c(C(F)(F)F)n1. The Morgan fingerprint density at radius 1 is 0.970 bits per heavy atom. The average Bonchev–Trinajstić information content (AvgIpc) is 2.83. The average molecular weight is 459 g/mol. The molecule has 0 saturated carbocycles. The van der Waals surface area contributed by atoms with Crippen molar-refractivity contribution < 1.29 is 22.6 Å². The molecule has 2 aliphatic heterocycles. The number of nitrogens with zero attached hydrogens (tertiary/aromatic N) is 6. The van der Waals surface area contributed by atoms with Crippen molar-refractivity contribution in [1.82, 2.24) is 19.9 Å². The number of halogens is 3. The van der Waals surface area contributed by atoms with Crippen LogP contribution in [-0.4, -0.2) is 59.4 Å². The zero-order chi connectivity index (χ0) is 23.0. The molecule has 0 unspecified atom stereocenters. The van der Waals surface area contributed by atoms with Gasteiger partial charge in [-0.15, -0.1) is 0 Å². The number of ether oxygens (including phenoxy) is 2. The number of hydrogen-bond donors (Lipinski definition) is 1. The summed E-state index contributed by atoms with van der Waals surface area (Å²) in [5, 5.41) is 0. The van der Waals surface area contributed by atoms with E-state index in [2.05, 4.69) is 15.0 Å². The lowest BCUT2D eigenvalue weighted by Crippen LogP contribution is -2.38. The highest BCUT2D eigenvalue weighted by Crippen LogP contribution is 2.39. The second-order valence-corrected chi connectivity index (χ2v) is 7.47. The standard InChI is InChI=1S/C21H20F3N7O2/c22-21(23,24)18-13(12-26-19(25)29-18)14-11-17(28-20(27-14)30-5-8-32-9-6-30)31-7-10-33-16-4-2-1-3-15(16)31/h1-4,11-12H,5-10H2,(H2,25,26,29). The predicted octanol–water partition coefficient (Wildman–Crippen LogP) is 2.90. The summed E-state index contributed by atoms with van der Waals surface area (Å²) in [6.45, 7) is 2.87. The largest absolute Gasteiger partial charge is 0.490 e. The van der Waals surface area contributed by atoms with Gasteiger partial charge in [0.2, 0.25) is 11.9 Å². The van der Waals surface area contributed by atoms with Crippen molar-refractivity contribution in [3.8, 4) is 17.0 Å². The van der Waals surface area contributed by atoms with Gasteiger partial charge in [-0.1, -0.05) is 12.1 Å². The number of benzene rings is 1. The molecular formula is C21H20F3N7O2. The summed E-state index contributed by atoms with van der Waals surface area (Å²) >= 11 is 0. The van der Waals surface area contributed by atoms with E-state index < -0.39 is 17.8 Å². The van der Waals surface area contributed by atoms with E-state index in [0.29, 0.717) is 57.0 Å². The van der Waals surface area contributed by atoms with Crippen LogP contribution in [0.1, 0.15) is 5.69 Å². The quantitative estimate of drug-likeness (QED) is 0.633. The van der Waals surface area contributed by atoms with Crippen LogP contribution in [0.2, 0.25) is 0 Å². The topological polar surface area (TPSA) is 103 Å². The molecule has 4 heterocycles. The third kappa shape index (κ3) is 4.21. The van der Waals surface area contributed by atoms with Crippen LogP contribution in [0, 0.1) is 0 Å². The Bertz CT molecular complexity index is 1170. The summed E-state index contributed by atoms with van der Waals surface area (Å²) in [5.74, 6) is 0.960. The van der Waals surface area contributed by atoms with Crippen LogP contribution in [0.25, 0.3) is 11.3 Å². The normalized spacial score (nSPS) is 16.3. The molecule has 3 aromatic rings. The molecule has 12 heteroatoms. The maximum Gasteiger partial charge on any atom is 0.434 e. The molecule has 33 heavy (non-hydrogen) atoms. The lowest BCUT2D eigenvalue weighted by Gasteiger charge is -2.32. The molecular weight excluding hydrogens is 439 g/mol. The first-order chi connectivity index (χ1) is 15.9. The van der Waals surface area contributed by atoms with Crippen molar-refractivity contribution in [3.63, 3.8) is 0 Å². The van der Waals surface area contributed by atoms with Crippen LogP contribution in [0.3, 0.4) is 0 Å². The van der Waals surface area contributed by atoms with Gasteiger partial charge in [0.1, 0.15) is 18.2 Å². The Balaban J connectivity index is 1.67. The molecule has 2 aromatic heterocycles. The molecule has 0 radical (unpaired) electrons. The monoisotopic (exact) mass is 459 g/mol. The number of fused-ring (bicyclic) bond motifs is 1. The first-order valence-electron chi connectivity index (χ1n) is 10.3. The second-order valence-electron chi connectivity index (χ2n) is 7.47. The van der Waals surface area contributed by atoms with Gasteiger partial charge in [-0.2, -0.15) is 18.2 Å². The maximum absolute atomic E-state index is 13.8. The summed E-state index contributed by atoms with van der Waals surface area (Å²) in [7, 11) is 0. The van der Waals surface area contributed by atoms with Gasteiger partial charge < -0.3 is 25.0 Å². The molecule has 0 bridgehead atoms. The molecule has 1 fully saturated rings. The van der Waals surface area contributed by atoms with Crippen LogP contribution in [0.15, 0.2) is 36.5 Å². The fourth-order valence-corrected chi connectivity index (χ4v) is 3.81. The molecule has 2 aliphatic rings. The van der Waals surface area contributed by atoms with Gasteiger partial charge >= 0.3 is 6.18 Å². The van der Waals surface area contributed by atoms with E-state index in [4.69, 9.17) is 20.2 Å². The number of rotatable bonds is 3. The summed E-state index contributed by atoms with van der Waals surface area (Å²) < 4.78 is 52.5. The number of para-hydroxylation sites is 2. The lowest BCUT2D eigenvalue weighted by molar-refractivity contribution is -0.140. The summed E-state index contributed by atoms with van der Waals surface area (Å²) in [6, 6.07) is 8.94.